The van der Waals surface area contributed by atoms with Crippen LogP contribution in [0.15, 0.2) is 48.5 Å². The van der Waals surface area contributed by atoms with Gasteiger partial charge >= 0.3 is 0 Å². The monoisotopic (exact) mass is 271 g/mol. The Labute approximate surface area is 119 Å². The van der Waals surface area contributed by atoms with Crippen molar-refractivity contribution in [2.75, 3.05) is 6.54 Å². The van der Waals surface area contributed by atoms with Crippen molar-refractivity contribution in [3.8, 4) is 0 Å². The molecule has 0 heterocycles. The summed E-state index contributed by atoms with van der Waals surface area (Å²) in [4.78, 5) is 0. The molecule has 3 rings (SSSR count). The molecule has 2 aromatic rings. The van der Waals surface area contributed by atoms with Gasteiger partial charge in [-0.2, -0.15) is 0 Å². The highest BCUT2D eigenvalue weighted by atomic mass is 35.5. The van der Waals surface area contributed by atoms with Crippen LogP contribution < -0.4 is 5.32 Å². The predicted octanol–water partition coefficient (Wildman–Crippen LogP) is 4.33. The molecule has 1 N–H and O–H groups in total. The Hall–Kier alpha value is -1.31. The van der Waals surface area contributed by atoms with E-state index in [1.54, 1.807) is 0 Å². The molecule has 0 saturated heterocycles. The van der Waals surface area contributed by atoms with Crippen molar-refractivity contribution < 1.29 is 0 Å². The molecule has 2 heteroatoms. The Bertz CT molecular complexity index is 579. The normalized spacial score (nSPS) is 18.5. The molecule has 2 aromatic carbocycles. The maximum atomic E-state index is 6.03. The van der Waals surface area contributed by atoms with Gasteiger partial charge in [0.05, 0.1) is 0 Å². The zero-order chi connectivity index (χ0) is 13.2. The second-order valence-corrected chi connectivity index (χ2v) is 5.72. The van der Waals surface area contributed by atoms with Crippen LogP contribution in [0.2, 0.25) is 5.02 Å². The van der Waals surface area contributed by atoms with Crippen LogP contribution >= 0.6 is 11.6 Å². The second-order valence-electron chi connectivity index (χ2n) is 5.28. The van der Waals surface area contributed by atoms with Gasteiger partial charge in [-0.3, -0.25) is 0 Å². The molecule has 98 valence electrons. The molecular weight excluding hydrogens is 254 g/mol. The molecule has 0 spiro atoms. The highest BCUT2D eigenvalue weighted by Gasteiger charge is 2.25. The highest BCUT2D eigenvalue weighted by molar-refractivity contribution is 6.30. The smallest absolute Gasteiger partial charge is 0.0409 e. The number of halogens is 1. The van der Waals surface area contributed by atoms with E-state index in [-0.39, 0.29) is 0 Å². The van der Waals surface area contributed by atoms with Gasteiger partial charge in [0, 0.05) is 23.5 Å². The fourth-order valence-electron chi connectivity index (χ4n) is 2.76. The van der Waals surface area contributed by atoms with Crippen molar-refractivity contribution in [1.82, 2.24) is 5.32 Å². The minimum atomic E-state index is 0.339. The molecule has 1 aliphatic carbocycles. The third-order valence-electron chi connectivity index (χ3n) is 3.98. The third-order valence-corrected chi connectivity index (χ3v) is 4.22. The maximum absolute atomic E-state index is 6.03. The summed E-state index contributed by atoms with van der Waals surface area (Å²) in [5, 5.41) is 4.42. The standard InChI is InChI=1S/C17H18ClN/c1-12(13-6-4-7-16(18)10-13)19-11-15-9-14-5-2-3-8-17(14)15/h2-8,10,12,15,19H,9,11H2,1H3/t12-,15?/m0/s1. The highest BCUT2D eigenvalue weighted by Crippen LogP contribution is 2.34. The molecule has 0 radical (unpaired) electrons. The van der Waals surface area contributed by atoms with Gasteiger partial charge in [-0.25, -0.2) is 0 Å². The third kappa shape index (κ3) is 2.68. The minimum Gasteiger partial charge on any atom is -0.310 e. The van der Waals surface area contributed by atoms with Crippen LogP contribution in [0.25, 0.3) is 0 Å². The van der Waals surface area contributed by atoms with Gasteiger partial charge in [0.25, 0.3) is 0 Å². The Morgan fingerprint density at radius 3 is 2.84 bits per heavy atom. The van der Waals surface area contributed by atoms with Gasteiger partial charge in [0.15, 0.2) is 0 Å². The summed E-state index contributed by atoms with van der Waals surface area (Å²) >= 11 is 6.03. The van der Waals surface area contributed by atoms with Crippen molar-refractivity contribution in [3.05, 3.63) is 70.2 Å². The van der Waals surface area contributed by atoms with E-state index in [2.05, 4.69) is 42.6 Å². The Balaban J connectivity index is 1.59. The zero-order valence-electron chi connectivity index (χ0n) is 11.1. The summed E-state index contributed by atoms with van der Waals surface area (Å²) in [5.74, 6) is 0.665. The molecule has 1 nitrogen and oxygen atoms in total. The largest absolute Gasteiger partial charge is 0.310 e. The summed E-state index contributed by atoms with van der Waals surface area (Å²) in [7, 11) is 0. The SMILES string of the molecule is C[C@H](NCC1Cc2ccccc21)c1cccc(Cl)c1. The van der Waals surface area contributed by atoms with Gasteiger partial charge < -0.3 is 5.32 Å². The van der Waals surface area contributed by atoms with Crippen LogP contribution in [0.1, 0.15) is 35.6 Å². The van der Waals surface area contributed by atoms with Crippen molar-refractivity contribution in [2.24, 2.45) is 0 Å². The molecule has 1 unspecified atom stereocenters. The lowest BCUT2D eigenvalue weighted by molar-refractivity contribution is 0.489. The Morgan fingerprint density at radius 1 is 1.21 bits per heavy atom. The number of rotatable bonds is 4. The molecule has 0 amide bonds. The second kappa shape index (κ2) is 5.36. The molecule has 19 heavy (non-hydrogen) atoms. The maximum Gasteiger partial charge on any atom is 0.0409 e. The van der Waals surface area contributed by atoms with Crippen LogP contribution in [-0.4, -0.2) is 6.54 Å². The fourth-order valence-corrected chi connectivity index (χ4v) is 2.96. The number of fused-ring (bicyclic) bond motifs is 1. The first-order valence-electron chi connectivity index (χ1n) is 6.80. The van der Waals surface area contributed by atoms with Gasteiger partial charge in [-0.1, -0.05) is 48.0 Å². The van der Waals surface area contributed by atoms with E-state index in [4.69, 9.17) is 11.6 Å². The van der Waals surface area contributed by atoms with Crippen molar-refractivity contribution >= 4 is 11.6 Å². The number of benzene rings is 2. The molecule has 1 aliphatic rings. The Morgan fingerprint density at radius 2 is 2.05 bits per heavy atom. The molecule has 0 aromatic heterocycles. The van der Waals surface area contributed by atoms with E-state index in [9.17, 15) is 0 Å². The van der Waals surface area contributed by atoms with Crippen LogP contribution in [0.4, 0.5) is 0 Å². The summed E-state index contributed by atoms with van der Waals surface area (Å²) in [6.07, 6.45) is 1.20. The predicted molar refractivity (Wildman–Crippen MR) is 80.8 cm³/mol. The topological polar surface area (TPSA) is 12.0 Å². The number of hydrogen-bond acceptors (Lipinski definition) is 1. The minimum absolute atomic E-state index is 0.339. The summed E-state index contributed by atoms with van der Waals surface area (Å²) in [6.45, 7) is 3.22. The van der Waals surface area contributed by atoms with E-state index in [0.29, 0.717) is 12.0 Å². The van der Waals surface area contributed by atoms with Gasteiger partial charge in [-0.15, -0.1) is 0 Å². The van der Waals surface area contributed by atoms with Crippen LogP contribution in [0.5, 0.6) is 0 Å². The lowest BCUT2D eigenvalue weighted by atomic mass is 9.77. The molecule has 0 saturated carbocycles. The number of hydrogen-bond donors (Lipinski definition) is 1. The Kier molecular flexibility index (Phi) is 3.58. The van der Waals surface area contributed by atoms with Gasteiger partial charge in [-0.05, 0) is 42.2 Å². The molecular formula is C17H18ClN. The van der Waals surface area contributed by atoms with Crippen LogP contribution in [0, 0.1) is 0 Å². The van der Waals surface area contributed by atoms with E-state index in [1.165, 1.54) is 23.1 Å². The van der Waals surface area contributed by atoms with Crippen LogP contribution in [-0.2, 0) is 6.42 Å². The first kappa shape index (κ1) is 12.7. The fraction of sp³-hybridized carbons (Fsp3) is 0.294. The van der Waals surface area contributed by atoms with E-state index in [0.717, 1.165) is 11.6 Å². The molecule has 0 aliphatic heterocycles. The lowest BCUT2D eigenvalue weighted by Crippen LogP contribution is -2.30. The van der Waals surface area contributed by atoms with Gasteiger partial charge in [0.1, 0.15) is 0 Å². The summed E-state index contributed by atoms with van der Waals surface area (Å²) in [6, 6.07) is 17.1. The quantitative estimate of drug-likeness (QED) is 0.873. The first-order valence-corrected chi connectivity index (χ1v) is 7.18. The van der Waals surface area contributed by atoms with Gasteiger partial charge in [0.2, 0.25) is 0 Å². The number of nitrogens with one attached hydrogen (secondary N) is 1. The summed E-state index contributed by atoms with van der Waals surface area (Å²) < 4.78 is 0. The van der Waals surface area contributed by atoms with E-state index >= 15 is 0 Å². The lowest BCUT2D eigenvalue weighted by Gasteiger charge is -2.31. The first-order chi connectivity index (χ1) is 9.24. The van der Waals surface area contributed by atoms with Crippen molar-refractivity contribution in [1.29, 1.82) is 0 Å². The van der Waals surface area contributed by atoms with E-state index in [1.807, 2.05) is 18.2 Å². The van der Waals surface area contributed by atoms with E-state index < -0.39 is 0 Å². The summed E-state index contributed by atoms with van der Waals surface area (Å²) in [5.41, 5.74) is 4.26. The average Bonchev–Trinajstić information content (AvgIpc) is 2.39. The van der Waals surface area contributed by atoms with Crippen molar-refractivity contribution in [3.63, 3.8) is 0 Å². The molecule has 2 atom stereocenters. The average molecular weight is 272 g/mol. The zero-order valence-corrected chi connectivity index (χ0v) is 11.8. The van der Waals surface area contributed by atoms with Crippen molar-refractivity contribution in [2.45, 2.75) is 25.3 Å². The molecule has 0 bridgehead atoms. The van der Waals surface area contributed by atoms with Crippen LogP contribution in [0.3, 0.4) is 0 Å². The molecule has 0 fully saturated rings.